The maximum absolute atomic E-state index is 12.7. The number of hydrogen-bond acceptors (Lipinski definition) is 6. The molecular weight excluding hydrogens is 356 g/mol. The number of amides is 1. The number of amidine groups is 1. The lowest BCUT2D eigenvalue weighted by Crippen LogP contribution is -2.28. The number of hydrogen-bond donors (Lipinski definition) is 2. The molecule has 0 saturated heterocycles. The molecule has 1 atom stereocenters. The van der Waals surface area contributed by atoms with Gasteiger partial charge in [0.05, 0.1) is 26.1 Å². The number of carbonyl (C=O) groups is 1. The number of nitrogens with one attached hydrogen (secondary N) is 2. The zero-order valence-corrected chi connectivity index (χ0v) is 16.5. The highest BCUT2D eigenvalue weighted by atomic mass is 16.5. The van der Waals surface area contributed by atoms with Gasteiger partial charge in [-0.3, -0.25) is 14.8 Å². The highest BCUT2D eigenvalue weighted by Gasteiger charge is 2.15. The van der Waals surface area contributed by atoms with Gasteiger partial charge in [-0.05, 0) is 48.7 Å². The molecule has 148 valence electrons. The van der Waals surface area contributed by atoms with E-state index in [0.29, 0.717) is 23.7 Å². The van der Waals surface area contributed by atoms with Gasteiger partial charge in [-0.15, -0.1) is 0 Å². The minimum absolute atomic E-state index is 0.227. The minimum atomic E-state index is -0.229. The van der Waals surface area contributed by atoms with E-state index < -0.39 is 0 Å². The molecule has 1 aliphatic heterocycles. The molecule has 2 N–H and O–H groups in total. The fourth-order valence-corrected chi connectivity index (χ4v) is 3.03. The Balaban J connectivity index is 1.66. The number of pyridine rings is 1. The zero-order valence-electron chi connectivity index (χ0n) is 16.5. The molecule has 1 aromatic heterocycles. The van der Waals surface area contributed by atoms with Crippen molar-refractivity contribution < 1.29 is 14.3 Å². The topological polar surface area (TPSA) is 84.8 Å². The molecule has 7 nitrogen and oxygen atoms in total. The van der Waals surface area contributed by atoms with E-state index in [4.69, 9.17) is 9.47 Å². The van der Waals surface area contributed by atoms with Gasteiger partial charge in [0, 0.05) is 31.8 Å². The van der Waals surface area contributed by atoms with Gasteiger partial charge in [-0.25, -0.2) is 0 Å². The van der Waals surface area contributed by atoms with Crippen molar-refractivity contribution in [1.82, 2.24) is 15.6 Å². The van der Waals surface area contributed by atoms with Crippen molar-refractivity contribution in [2.24, 2.45) is 4.99 Å². The highest BCUT2D eigenvalue weighted by molar-refractivity contribution is 5.92. The molecule has 0 bridgehead atoms. The van der Waals surface area contributed by atoms with Gasteiger partial charge in [0.15, 0.2) is 0 Å². The van der Waals surface area contributed by atoms with E-state index in [1.165, 1.54) is 0 Å². The van der Waals surface area contributed by atoms with Crippen LogP contribution in [0.4, 0.5) is 0 Å². The van der Waals surface area contributed by atoms with Crippen LogP contribution in [0.2, 0.25) is 0 Å². The molecule has 2 heterocycles. The summed E-state index contributed by atoms with van der Waals surface area (Å²) in [4.78, 5) is 21.3. The fourth-order valence-electron chi connectivity index (χ4n) is 3.03. The fraction of sp³-hybridized carbons (Fsp3) is 0.381. The summed E-state index contributed by atoms with van der Waals surface area (Å²) in [6.45, 7) is 3.43. The minimum Gasteiger partial charge on any atom is -0.497 e. The first kappa shape index (κ1) is 19.7. The molecule has 1 unspecified atom stereocenters. The van der Waals surface area contributed by atoms with Gasteiger partial charge < -0.3 is 20.1 Å². The maximum Gasteiger partial charge on any atom is 0.270 e. The Bertz CT molecular complexity index is 844. The first-order chi connectivity index (χ1) is 13.6. The van der Waals surface area contributed by atoms with Crippen LogP contribution in [-0.4, -0.2) is 37.5 Å². The molecule has 1 aliphatic rings. The molecule has 1 amide bonds. The van der Waals surface area contributed by atoms with Crippen LogP contribution in [0.15, 0.2) is 41.5 Å². The van der Waals surface area contributed by atoms with E-state index in [2.05, 4.69) is 20.6 Å². The lowest BCUT2D eigenvalue weighted by atomic mass is 10.1. The van der Waals surface area contributed by atoms with Crippen LogP contribution in [0.3, 0.4) is 0 Å². The van der Waals surface area contributed by atoms with Crippen LogP contribution in [-0.2, 0) is 6.54 Å². The van der Waals surface area contributed by atoms with E-state index in [-0.39, 0.29) is 11.9 Å². The van der Waals surface area contributed by atoms with Crippen molar-refractivity contribution in [2.45, 2.75) is 32.4 Å². The van der Waals surface area contributed by atoms with Crippen molar-refractivity contribution in [1.29, 1.82) is 0 Å². The molecule has 3 rings (SSSR count). The lowest BCUT2D eigenvalue weighted by Gasteiger charge is -2.16. The quantitative estimate of drug-likeness (QED) is 0.769. The van der Waals surface area contributed by atoms with Crippen LogP contribution in [0.1, 0.15) is 47.4 Å². The predicted octanol–water partition coefficient (Wildman–Crippen LogP) is 2.87. The Kier molecular flexibility index (Phi) is 6.47. The first-order valence-corrected chi connectivity index (χ1v) is 9.35. The molecule has 28 heavy (non-hydrogen) atoms. The van der Waals surface area contributed by atoms with Gasteiger partial charge in [-0.1, -0.05) is 0 Å². The van der Waals surface area contributed by atoms with Gasteiger partial charge in [0.2, 0.25) is 0 Å². The molecule has 2 aromatic rings. The third-order valence-corrected chi connectivity index (χ3v) is 4.65. The van der Waals surface area contributed by atoms with Crippen molar-refractivity contribution in [3.8, 4) is 11.5 Å². The van der Waals surface area contributed by atoms with Gasteiger partial charge in [0.25, 0.3) is 5.91 Å². The van der Waals surface area contributed by atoms with E-state index in [1.807, 2.05) is 25.1 Å². The Hall–Kier alpha value is -3.09. The second kappa shape index (κ2) is 9.21. The standard InChI is InChI=1S/C21H26N4O3/c1-14(16-10-17(27-2)12-18(11-16)28-3)25-21(26)19-9-15(6-8-22-19)13-24-20-5-4-7-23-20/h6,8-12,14H,4-5,7,13H2,1-3H3,(H,23,24)(H,25,26). The summed E-state index contributed by atoms with van der Waals surface area (Å²) in [5.41, 5.74) is 2.27. The SMILES string of the molecule is COc1cc(OC)cc(C(C)NC(=O)c2cc(CNC3=NCCC3)ccn2)c1. The molecule has 0 radical (unpaired) electrons. The summed E-state index contributed by atoms with van der Waals surface area (Å²) in [6, 6.07) is 9.03. The molecule has 7 heteroatoms. The van der Waals surface area contributed by atoms with Crippen LogP contribution >= 0.6 is 0 Å². The Morgan fingerprint density at radius 2 is 1.93 bits per heavy atom. The molecule has 0 saturated carbocycles. The maximum atomic E-state index is 12.7. The van der Waals surface area contributed by atoms with Crippen molar-refractivity contribution in [3.63, 3.8) is 0 Å². The number of benzene rings is 1. The number of rotatable bonds is 7. The number of ether oxygens (including phenoxy) is 2. The molecular formula is C21H26N4O3. The van der Waals surface area contributed by atoms with Crippen LogP contribution in [0.5, 0.6) is 11.5 Å². The van der Waals surface area contributed by atoms with E-state index in [0.717, 1.165) is 36.3 Å². The van der Waals surface area contributed by atoms with Gasteiger partial charge in [0.1, 0.15) is 17.2 Å². The van der Waals surface area contributed by atoms with E-state index in [9.17, 15) is 4.79 Å². The summed E-state index contributed by atoms with van der Waals surface area (Å²) in [5, 5.41) is 6.30. The highest BCUT2D eigenvalue weighted by Crippen LogP contribution is 2.26. The van der Waals surface area contributed by atoms with E-state index in [1.54, 1.807) is 32.5 Å². The number of methoxy groups -OCH3 is 2. The largest absolute Gasteiger partial charge is 0.497 e. The number of nitrogens with zero attached hydrogens (tertiary/aromatic N) is 2. The second-order valence-corrected chi connectivity index (χ2v) is 6.68. The van der Waals surface area contributed by atoms with Gasteiger partial charge >= 0.3 is 0 Å². The summed E-state index contributed by atoms with van der Waals surface area (Å²) < 4.78 is 10.6. The second-order valence-electron chi connectivity index (χ2n) is 6.68. The predicted molar refractivity (Wildman–Crippen MR) is 108 cm³/mol. The third-order valence-electron chi connectivity index (χ3n) is 4.65. The van der Waals surface area contributed by atoms with Crippen molar-refractivity contribution in [3.05, 3.63) is 53.3 Å². The third kappa shape index (κ3) is 5.00. The molecule has 0 spiro atoms. The average Bonchev–Trinajstić information content (AvgIpc) is 3.25. The van der Waals surface area contributed by atoms with Crippen molar-refractivity contribution in [2.75, 3.05) is 20.8 Å². The molecule has 0 aliphatic carbocycles. The van der Waals surface area contributed by atoms with Crippen molar-refractivity contribution >= 4 is 11.7 Å². The van der Waals surface area contributed by atoms with Gasteiger partial charge in [-0.2, -0.15) is 0 Å². The molecule has 0 fully saturated rings. The number of carbonyl (C=O) groups excluding carboxylic acids is 1. The Morgan fingerprint density at radius 3 is 2.57 bits per heavy atom. The Morgan fingerprint density at radius 1 is 1.18 bits per heavy atom. The number of aromatic nitrogens is 1. The summed E-state index contributed by atoms with van der Waals surface area (Å²) in [5.74, 6) is 2.16. The zero-order chi connectivity index (χ0) is 19.9. The normalized spacial score (nSPS) is 14.2. The first-order valence-electron chi connectivity index (χ1n) is 9.35. The summed E-state index contributed by atoms with van der Waals surface area (Å²) in [6.07, 6.45) is 3.74. The van der Waals surface area contributed by atoms with Crippen LogP contribution < -0.4 is 20.1 Å². The summed E-state index contributed by atoms with van der Waals surface area (Å²) >= 11 is 0. The smallest absolute Gasteiger partial charge is 0.270 e. The Labute approximate surface area is 165 Å². The lowest BCUT2D eigenvalue weighted by molar-refractivity contribution is 0.0934. The number of aliphatic imine (C=N–C) groups is 1. The summed E-state index contributed by atoms with van der Waals surface area (Å²) in [7, 11) is 3.20. The van der Waals surface area contributed by atoms with Crippen LogP contribution in [0, 0.1) is 0 Å². The van der Waals surface area contributed by atoms with Crippen LogP contribution in [0.25, 0.3) is 0 Å². The monoisotopic (exact) mass is 382 g/mol. The van der Waals surface area contributed by atoms with E-state index >= 15 is 0 Å². The molecule has 1 aromatic carbocycles. The average molecular weight is 382 g/mol.